The summed E-state index contributed by atoms with van der Waals surface area (Å²) in [6.07, 6.45) is -1.39. The summed E-state index contributed by atoms with van der Waals surface area (Å²) >= 11 is 0. The smallest absolute Gasteiger partial charge is 0.420 e. The summed E-state index contributed by atoms with van der Waals surface area (Å²) in [6, 6.07) is 2.66. The van der Waals surface area contributed by atoms with E-state index in [4.69, 9.17) is 4.42 Å². The van der Waals surface area contributed by atoms with Crippen LogP contribution in [0.5, 0.6) is 0 Å². The molecule has 7 heteroatoms. The van der Waals surface area contributed by atoms with Crippen LogP contribution in [-0.2, 0) is 12.7 Å². The fourth-order valence-electron chi connectivity index (χ4n) is 3.27. The highest BCUT2D eigenvalue weighted by atomic mass is 19.4. The van der Waals surface area contributed by atoms with Gasteiger partial charge in [-0.25, -0.2) is 4.98 Å². The van der Waals surface area contributed by atoms with Crippen LogP contribution in [0.3, 0.4) is 0 Å². The van der Waals surface area contributed by atoms with Crippen molar-refractivity contribution in [2.45, 2.75) is 70.3 Å². The Balaban J connectivity index is 1.90. The number of oxazole rings is 1. The van der Waals surface area contributed by atoms with Gasteiger partial charge in [0.2, 0.25) is 0 Å². The van der Waals surface area contributed by atoms with Crippen molar-refractivity contribution in [3.63, 3.8) is 0 Å². The van der Waals surface area contributed by atoms with Crippen LogP contribution < -0.4 is 5.32 Å². The molecule has 1 aromatic heterocycles. The molecule has 2 N–H and O–H groups in total. The van der Waals surface area contributed by atoms with E-state index in [0.717, 1.165) is 31.7 Å². The minimum Gasteiger partial charge on any atom is -0.440 e. The number of hydrogen-bond acceptors (Lipinski definition) is 4. The van der Waals surface area contributed by atoms with Crippen molar-refractivity contribution in [2.75, 3.05) is 0 Å². The fraction of sp³-hybridized carbons (Fsp3) is 0.611. The van der Waals surface area contributed by atoms with Crippen molar-refractivity contribution in [1.29, 1.82) is 0 Å². The SMILES string of the molecule is CC(C)c1nc2cc(CN[C@@H]3CCCC[C@H]3O)cc(C(F)(F)F)c2o1. The number of aromatic nitrogens is 1. The Labute approximate surface area is 144 Å². The Morgan fingerprint density at radius 2 is 2.00 bits per heavy atom. The molecule has 1 fully saturated rings. The van der Waals surface area contributed by atoms with Gasteiger partial charge in [0.15, 0.2) is 11.5 Å². The molecule has 1 aliphatic rings. The molecule has 1 heterocycles. The zero-order valence-electron chi connectivity index (χ0n) is 14.4. The lowest BCUT2D eigenvalue weighted by Crippen LogP contribution is -2.41. The van der Waals surface area contributed by atoms with Crippen molar-refractivity contribution < 1.29 is 22.7 Å². The quantitative estimate of drug-likeness (QED) is 0.854. The van der Waals surface area contributed by atoms with E-state index in [-0.39, 0.29) is 29.6 Å². The predicted molar refractivity (Wildman–Crippen MR) is 88.2 cm³/mol. The van der Waals surface area contributed by atoms with Crippen LogP contribution in [0.4, 0.5) is 13.2 Å². The zero-order chi connectivity index (χ0) is 18.2. The summed E-state index contributed by atoms with van der Waals surface area (Å²) < 4.78 is 45.6. The van der Waals surface area contributed by atoms with Crippen LogP contribution in [0.2, 0.25) is 0 Å². The molecule has 3 rings (SSSR count). The molecule has 1 aliphatic carbocycles. The second-order valence-corrected chi connectivity index (χ2v) is 7.04. The molecule has 4 nitrogen and oxygen atoms in total. The average Bonchev–Trinajstić information content (AvgIpc) is 2.96. The maximum absolute atomic E-state index is 13.4. The van der Waals surface area contributed by atoms with Crippen LogP contribution >= 0.6 is 0 Å². The van der Waals surface area contributed by atoms with E-state index >= 15 is 0 Å². The molecular weight excluding hydrogens is 333 g/mol. The van der Waals surface area contributed by atoms with Gasteiger partial charge in [-0.1, -0.05) is 26.7 Å². The highest BCUT2D eigenvalue weighted by molar-refractivity contribution is 5.78. The third kappa shape index (κ3) is 3.98. The van der Waals surface area contributed by atoms with Crippen LogP contribution in [0.25, 0.3) is 11.1 Å². The molecule has 1 aromatic carbocycles. The van der Waals surface area contributed by atoms with Crippen molar-refractivity contribution >= 4 is 11.1 Å². The van der Waals surface area contributed by atoms with Gasteiger partial charge in [-0.3, -0.25) is 0 Å². The highest BCUT2D eigenvalue weighted by Gasteiger charge is 2.35. The first-order valence-electron chi connectivity index (χ1n) is 8.67. The lowest BCUT2D eigenvalue weighted by molar-refractivity contribution is -0.136. The molecule has 0 aliphatic heterocycles. The normalized spacial score (nSPS) is 22.0. The number of benzene rings is 1. The molecule has 138 valence electrons. The number of aliphatic hydroxyl groups excluding tert-OH is 1. The topological polar surface area (TPSA) is 58.3 Å². The number of nitrogens with zero attached hydrogens (tertiary/aromatic N) is 1. The molecule has 0 unspecified atom stereocenters. The first-order valence-corrected chi connectivity index (χ1v) is 8.67. The molecule has 0 amide bonds. The minimum atomic E-state index is -4.51. The van der Waals surface area contributed by atoms with Crippen molar-refractivity contribution in [3.8, 4) is 0 Å². The molecule has 2 aromatic rings. The molecule has 0 bridgehead atoms. The Hall–Kier alpha value is -1.60. The van der Waals surface area contributed by atoms with Crippen molar-refractivity contribution in [2.24, 2.45) is 0 Å². The fourth-order valence-corrected chi connectivity index (χ4v) is 3.27. The molecule has 25 heavy (non-hydrogen) atoms. The number of hydrogen-bond donors (Lipinski definition) is 2. The second-order valence-electron chi connectivity index (χ2n) is 7.04. The lowest BCUT2D eigenvalue weighted by Gasteiger charge is -2.28. The van der Waals surface area contributed by atoms with Gasteiger partial charge in [0.25, 0.3) is 0 Å². The molecular formula is C18H23F3N2O2. The number of alkyl halides is 3. The van der Waals surface area contributed by atoms with Gasteiger partial charge in [0.1, 0.15) is 11.1 Å². The van der Waals surface area contributed by atoms with Gasteiger partial charge in [-0.2, -0.15) is 13.2 Å². The number of fused-ring (bicyclic) bond motifs is 1. The number of nitrogens with one attached hydrogen (secondary N) is 1. The van der Waals surface area contributed by atoms with Gasteiger partial charge in [0, 0.05) is 18.5 Å². The van der Waals surface area contributed by atoms with E-state index in [1.165, 1.54) is 0 Å². The molecule has 0 spiro atoms. The summed E-state index contributed by atoms with van der Waals surface area (Å²) in [5.74, 6) is 0.209. The third-order valence-electron chi connectivity index (χ3n) is 4.66. The summed E-state index contributed by atoms with van der Waals surface area (Å²) in [6.45, 7) is 3.90. The number of rotatable bonds is 4. The van der Waals surface area contributed by atoms with E-state index < -0.39 is 17.8 Å². The van der Waals surface area contributed by atoms with Gasteiger partial charge in [-0.15, -0.1) is 0 Å². The third-order valence-corrected chi connectivity index (χ3v) is 4.66. The van der Waals surface area contributed by atoms with E-state index in [1.54, 1.807) is 6.07 Å². The monoisotopic (exact) mass is 356 g/mol. The highest BCUT2D eigenvalue weighted by Crippen LogP contribution is 2.37. The first-order chi connectivity index (χ1) is 11.8. The standard InChI is InChI=1S/C18H23F3N2O2/c1-10(2)17-23-14-8-11(7-12(16(14)25-17)18(19,20)21)9-22-13-5-3-4-6-15(13)24/h7-8,10,13,15,22,24H,3-6,9H2,1-2H3/t13-,15-/m1/s1. The van der Waals surface area contributed by atoms with Gasteiger partial charge < -0.3 is 14.8 Å². The summed E-state index contributed by atoms with van der Waals surface area (Å²) in [4.78, 5) is 4.21. The van der Waals surface area contributed by atoms with Crippen LogP contribution in [0.1, 0.15) is 62.5 Å². The largest absolute Gasteiger partial charge is 0.440 e. The number of aliphatic hydroxyl groups is 1. The van der Waals surface area contributed by atoms with Gasteiger partial charge in [0.05, 0.1) is 6.10 Å². The predicted octanol–water partition coefficient (Wildman–Crippen LogP) is 4.36. The molecule has 0 radical (unpaired) electrons. The molecule has 0 saturated heterocycles. The minimum absolute atomic E-state index is 0.0812. The summed E-state index contributed by atoms with van der Waals surface area (Å²) in [7, 11) is 0. The zero-order valence-corrected chi connectivity index (χ0v) is 14.4. The average molecular weight is 356 g/mol. The van der Waals surface area contributed by atoms with E-state index in [0.29, 0.717) is 11.5 Å². The second kappa shape index (κ2) is 6.96. The van der Waals surface area contributed by atoms with Crippen LogP contribution in [0, 0.1) is 0 Å². The number of halogens is 3. The maximum Gasteiger partial charge on any atom is 0.420 e. The molecule has 1 saturated carbocycles. The van der Waals surface area contributed by atoms with Crippen LogP contribution in [0.15, 0.2) is 16.5 Å². The Morgan fingerprint density at radius 3 is 2.64 bits per heavy atom. The Morgan fingerprint density at radius 1 is 1.28 bits per heavy atom. The summed E-state index contributed by atoms with van der Waals surface area (Å²) in [5.41, 5.74) is -0.302. The van der Waals surface area contributed by atoms with E-state index in [2.05, 4.69) is 10.3 Å². The van der Waals surface area contributed by atoms with Gasteiger partial charge >= 0.3 is 6.18 Å². The van der Waals surface area contributed by atoms with E-state index in [1.807, 2.05) is 13.8 Å². The maximum atomic E-state index is 13.4. The van der Waals surface area contributed by atoms with Gasteiger partial charge in [-0.05, 0) is 30.5 Å². The van der Waals surface area contributed by atoms with E-state index in [9.17, 15) is 18.3 Å². The first kappa shape index (κ1) is 18.2. The lowest BCUT2D eigenvalue weighted by atomic mass is 9.92. The Kier molecular flexibility index (Phi) is 5.06. The Bertz CT molecular complexity index is 740. The van der Waals surface area contributed by atoms with Crippen molar-refractivity contribution in [1.82, 2.24) is 10.3 Å². The van der Waals surface area contributed by atoms with Crippen molar-refractivity contribution in [3.05, 3.63) is 29.2 Å². The molecule has 2 atom stereocenters. The summed E-state index contributed by atoms with van der Waals surface area (Å²) in [5, 5.41) is 13.2. The van der Waals surface area contributed by atoms with Crippen LogP contribution in [-0.4, -0.2) is 22.2 Å².